The van der Waals surface area contributed by atoms with Crippen LogP contribution in [0.1, 0.15) is 34.6 Å². The molecular formula is C20H24N2O5. The molecule has 0 aliphatic heterocycles. The lowest BCUT2D eigenvalue weighted by Crippen LogP contribution is -2.18. The van der Waals surface area contributed by atoms with Gasteiger partial charge in [0, 0.05) is 24.2 Å². The Morgan fingerprint density at radius 3 is 2.04 bits per heavy atom. The van der Waals surface area contributed by atoms with Crippen LogP contribution in [0.3, 0.4) is 0 Å². The minimum absolute atomic E-state index is 0.239. The van der Waals surface area contributed by atoms with Crippen LogP contribution < -0.4 is 24.8 Å². The van der Waals surface area contributed by atoms with Crippen molar-refractivity contribution >= 4 is 17.5 Å². The van der Waals surface area contributed by atoms with Gasteiger partial charge in [-0.25, -0.2) is 0 Å². The average Bonchev–Trinajstić information content (AvgIpc) is 2.68. The summed E-state index contributed by atoms with van der Waals surface area (Å²) < 4.78 is 16.3. The van der Waals surface area contributed by atoms with Crippen molar-refractivity contribution in [2.75, 3.05) is 32.7 Å². The SMILES string of the molecule is CCOc1cc(OCC)cc(C(=O)Nc2ccc(C(=O)NC)cc2OC)c1. The minimum atomic E-state index is -0.344. The van der Waals surface area contributed by atoms with E-state index in [0.29, 0.717) is 47.3 Å². The quantitative estimate of drug-likeness (QED) is 0.744. The lowest BCUT2D eigenvalue weighted by molar-refractivity contribution is 0.0962. The van der Waals surface area contributed by atoms with Gasteiger partial charge in [0.1, 0.15) is 17.2 Å². The molecule has 2 amide bonds. The summed E-state index contributed by atoms with van der Waals surface area (Å²) in [5, 5.41) is 5.34. The first kappa shape index (κ1) is 20.1. The third-order valence-corrected chi connectivity index (χ3v) is 3.70. The molecule has 144 valence electrons. The summed E-state index contributed by atoms with van der Waals surface area (Å²) >= 11 is 0. The molecule has 2 rings (SSSR count). The third kappa shape index (κ3) is 5.13. The van der Waals surface area contributed by atoms with E-state index in [0.717, 1.165) is 0 Å². The number of anilines is 1. The molecule has 0 saturated carbocycles. The maximum Gasteiger partial charge on any atom is 0.256 e. The molecule has 0 aromatic heterocycles. The van der Waals surface area contributed by atoms with Crippen LogP contribution in [0.15, 0.2) is 36.4 Å². The number of hydrogen-bond acceptors (Lipinski definition) is 5. The first-order chi connectivity index (χ1) is 13.0. The molecular weight excluding hydrogens is 348 g/mol. The van der Waals surface area contributed by atoms with Crippen molar-refractivity contribution in [2.24, 2.45) is 0 Å². The van der Waals surface area contributed by atoms with E-state index in [2.05, 4.69) is 10.6 Å². The highest BCUT2D eigenvalue weighted by molar-refractivity contribution is 6.06. The zero-order chi connectivity index (χ0) is 19.8. The van der Waals surface area contributed by atoms with Crippen molar-refractivity contribution in [1.82, 2.24) is 5.32 Å². The van der Waals surface area contributed by atoms with Crippen molar-refractivity contribution < 1.29 is 23.8 Å². The molecule has 0 atom stereocenters. The third-order valence-electron chi connectivity index (χ3n) is 3.70. The Morgan fingerprint density at radius 2 is 1.52 bits per heavy atom. The number of carbonyl (C=O) groups excluding carboxylic acids is 2. The van der Waals surface area contributed by atoms with Crippen LogP contribution in [0, 0.1) is 0 Å². The Labute approximate surface area is 158 Å². The first-order valence-electron chi connectivity index (χ1n) is 8.64. The minimum Gasteiger partial charge on any atom is -0.495 e. The van der Waals surface area contributed by atoms with Gasteiger partial charge in [-0.15, -0.1) is 0 Å². The number of ether oxygens (including phenoxy) is 3. The van der Waals surface area contributed by atoms with Gasteiger partial charge in [-0.3, -0.25) is 9.59 Å². The molecule has 2 N–H and O–H groups in total. The van der Waals surface area contributed by atoms with Crippen molar-refractivity contribution in [1.29, 1.82) is 0 Å². The molecule has 7 nitrogen and oxygen atoms in total. The second-order valence-electron chi connectivity index (χ2n) is 5.51. The molecule has 0 bridgehead atoms. The Hall–Kier alpha value is -3.22. The fourth-order valence-electron chi connectivity index (χ4n) is 2.48. The monoisotopic (exact) mass is 372 g/mol. The first-order valence-corrected chi connectivity index (χ1v) is 8.64. The molecule has 0 spiro atoms. The van der Waals surface area contributed by atoms with Crippen LogP contribution in [-0.2, 0) is 0 Å². The molecule has 0 aliphatic rings. The fraction of sp³-hybridized carbons (Fsp3) is 0.300. The number of methoxy groups -OCH3 is 1. The van der Waals surface area contributed by atoms with Gasteiger partial charge in [0.15, 0.2) is 0 Å². The van der Waals surface area contributed by atoms with Crippen LogP contribution in [0.4, 0.5) is 5.69 Å². The molecule has 0 aliphatic carbocycles. The molecule has 2 aromatic carbocycles. The lowest BCUT2D eigenvalue weighted by Gasteiger charge is -2.13. The highest BCUT2D eigenvalue weighted by atomic mass is 16.5. The Balaban J connectivity index is 2.29. The van der Waals surface area contributed by atoms with Crippen LogP contribution in [-0.4, -0.2) is 39.2 Å². The number of rotatable bonds is 8. The maximum absolute atomic E-state index is 12.7. The van der Waals surface area contributed by atoms with Crippen LogP contribution in [0.25, 0.3) is 0 Å². The summed E-state index contributed by atoms with van der Waals surface area (Å²) in [6.07, 6.45) is 0. The van der Waals surface area contributed by atoms with Crippen LogP contribution in [0.2, 0.25) is 0 Å². The summed E-state index contributed by atoms with van der Waals surface area (Å²) in [4.78, 5) is 24.5. The van der Waals surface area contributed by atoms with Gasteiger partial charge >= 0.3 is 0 Å². The van der Waals surface area contributed by atoms with E-state index in [1.165, 1.54) is 7.11 Å². The zero-order valence-corrected chi connectivity index (χ0v) is 15.9. The number of carbonyl (C=O) groups is 2. The molecule has 0 radical (unpaired) electrons. The van der Waals surface area contributed by atoms with Gasteiger partial charge in [0.05, 0.1) is 26.0 Å². The standard InChI is InChI=1S/C20H24N2O5/c1-5-26-15-9-14(10-16(12-15)27-6-2)20(24)22-17-8-7-13(19(23)21-3)11-18(17)25-4/h7-12H,5-6H2,1-4H3,(H,21,23)(H,22,24). The van der Waals surface area contributed by atoms with Crippen molar-refractivity contribution in [3.63, 3.8) is 0 Å². The summed E-state index contributed by atoms with van der Waals surface area (Å²) in [6.45, 7) is 4.69. The second-order valence-corrected chi connectivity index (χ2v) is 5.51. The van der Waals surface area contributed by atoms with E-state index in [1.54, 1.807) is 43.4 Å². The Morgan fingerprint density at radius 1 is 0.889 bits per heavy atom. The molecule has 0 heterocycles. The molecule has 0 fully saturated rings. The normalized spacial score (nSPS) is 10.1. The summed E-state index contributed by atoms with van der Waals surface area (Å²) in [6, 6.07) is 9.83. The van der Waals surface area contributed by atoms with Crippen molar-refractivity contribution in [3.8, 4) is 17.2 Å². The van der Waals surface area contributed by atoms with Gasteiger partial charge in [0.25, 0.3) is 11.8 Å². The largest absolute Gasteiger partial charge is 0.495 e. The van der Waals surface area contributed by atoms with Gasteiger partial charge in [-0.2, -0.15) is 0 Å². The molecule has 0 saturated heterocycles. The number of hydrogen-bond donors (Lipinski definition) is 2. The highest BCUT2D eigenvalue weighted by Gasteiger charge is 2.15. The number of benzene rings is 2. The lowest BCUT2D eigenvalue weighted by atomic mass is 10.1. The predicted octanol–water partition coefficient (Wildman–Crippen LogP) is 3.10. The summed E-state index contributed by atoms with van der Waals surface area (Å²) in [5.74, 6) is 0.905. The smallest absolute Gasteiger partial charge is 0.256 e. The predicted molar refractivity (Wildman–Crippen MR) is 103 cm³/mol. The maximum atomic E-state index is 12.7. The molecule has 27 heavy (non-hydrogen) atoms. The molecule has 0 unspecified atom stereocenters. The van der Waals surface area contributed by atoms with Gasteiger partial charge in [0.2, 0.25) is 0 Å². The Kier molecular flexibility index (Phi) is 7.05. The highest BCUT2D eigenvalue weighted by Crippen LogP contribution is 2.28. The number of nitrogens with one attached hydrogen (secondary N) is 2. The van der Waals surface area contributed by atoms with E-state index in [-0.39, 0.29) is 11.8 Å². The van der Waals surface area contributed by atoms with E-state index >= 15 is 0 Å². The van der Waals surface area contributed by atoms with Gasteiger partial charge in [-0.1, -0.05) is 0 Å². The molecule has 2 aromatic rings. The van der Waals surface area contributed by atoms with Crippen LogP contribution in [0.5, 0.6) is 17.2 Å². The number of amides is 2. The Bertz CT molecular complexity index is 796. The molecule has 7 heteroatoms. The zero-order valence-electron chi connectivity index (χ0n) is 15.9. The summed E-state index contributed by atoms with van der Waals surface area (Å²) in [5.41, 5.74) is 1.28. The van der Waals surface area contributed by atoms with Gasteiger partial charge < -0.3 is 24.8 Å². The average molecular weight is 372 g/mol. The second kappa shape index (κ2) is 9.47. The van der Waals surface area contributed by atoms with E-state index < -0.39 is 0 Å². The van der Waals surface area contributed by atoms with E-state index in [1.807, 2.05) is 13.8 Å². The topological polar surface area (TPSA) is 85.9 Å². The van der Waals surface area contributed by atoms with Crippen molar-refractivity contribution in [3.05, 3.63) is 47.5 Å². The van der Waals surface area contributed by atoms with Crippen molar-refractivity contribution in [2.45, 2.75) is 13.8 Å². The van der Waals surface area contributed by atoms with Crippen LogP contribution >= 0.6 is 0 Å². The van der Waals surface area contributed by atoms with E-state index in [4.69, 9.17) is 14.2 Å². The van der Waals surface area contributed by atoms with E-state index in [9.17, 15) is 9.59 Å². The van der Waals surface area contributed by atoms with Gasteiger partial charge in [-0.05, 0) is 44.2 Å². The summed E-state index contributed by atoms with van der Waals surface area (Å²) in [7, 11) is 3.02. The fourth-order valence-corrected chi connectivity index (χ4v) is 2.48.